The van der Waals surface area contributed by atoms with Crippen LogP contribution in [0.15, 0.2) is 125 Å². The molecule has 1 unspecified atom stereocenters. The molecule has 0 fully saturated rings. The Labute approximate surface area is 156 Å². The lowest BCUT2D eigenvalue weighted by Crippen LogP contribution is -2.04. The summed E-state index contributed by atoms with van der Waals surface area (Å²) in [6.45, 7) is 3.62. The summed E-state index contributed by atoms with van der Waals surface area (Å²) >= 11 is 0. The minimum absolute atomic E-state index is 0.164. The van der Waals surface area contributed by atoms with Crippen molar-refractivity contribution < 1.29 is 4.74 Å². The molecule has 0 aromatic heterocycles. The number of rotatable bonds is 5. The Balaban J connectivity index is 1.83. The van der Waals surface area contributed by atoms with E-state index in [-0.39, 0.29) is 10.9 Å². The van der Waals surface area contributed by atoms with Gasteiger partial charge in [0.25, 0.3) is 0 Å². The largest absolute Gasteiger partial charge is 0.466 e. The van der Waals surface area contributed by atoms with Crippen molar-refractivity contribution in [3.8, 4) is 5.75 Å². The smallest absolute Gasteiger partial charge is 0.167 e. The van der Waals surface area contributed by atoms with Crippen LogP contribution in [0.1, 0.15) is 0 Å². The van der Waals surface area contributed by atoms with E-state index < -0.39 is 0 Å². The van der Waals surface area contributed by atoms with E-state index in [0.717, 1.165) is 5.75 Å². The highest BCUT2D eigenvalue weighted by atomic mass is 32.2. The molecule has 4 aromatic rings. The van der Waals surface area contributed by atoms with Gasteiger partial charge in [-0.25, -0.2) is 0 Å². The summed E-state index contributed by atoms with van der Waals surface area (Å²) in [6, 6.07) is 34.2. The number of fused-ring (bicyclic) bond motifs is 1. The molecular formula is C24H19OS+. The second kappa shape index (κ2) is 7.51. The maximum absolute atomic E-state index is 5.38. The Morgan fingerprint density at radius 2 is 1.23 bits per heavy atom. The van der Waals surface area contributed by atoms with Gasteiger partial charge in [-0.05, 0) is 59.3 Å². The predicted octanol–water partition coefficient (Wildman–Crippen LogP) is 6.46. The SMILES string of the molecule is C=COc1ccc([S+](c2ccccc2)c2ccc3ccccc3c2)cc1. The molecule has 1 atom stereocenters. The molecule has 0 bridgehead atoms. The quantitative estimate of drug-likeness (QED) is 0.295. The van der Waals surface area contributed by atoms with Crippen LogP contribution in [0.3, 0.4) is 0 Å². The van der Waals surface area contributed by atoms with Crippen molar-refractivity contribution in [3.05, 3.63) is 110 Å². The Morgan fingerprint density at radius 1 is 0.615 bits per heavy atom. The lowest BCUT2D eigenvalue weighted by atomic mass is 10.1. The van der Waals surface area contributed by atoms with Crippen molar-refractivity contribution in [1.82, 2.24) is 0 Å². The topological polar surface area (TPSA) is 9.23 Å². The molecule has 0 saturated heterocycles. The fraction of sp³-hybridized carbons (Fsp3) is 0. The van der Waals surface area contributed by atoms with Gasteiger partial charge in [0, 0.05) is 6.07 Å². The van der Waals surface area contributed by atoms with Crippen LogP contribution >= 0.6 is 0 Å². The van der Waals surface area contributed by atoms with Crippen LogP contribution in [0.2, 0.25) is 0 Å². The van der Waals surface area contributed by atoms with Gasteiger partial charge in [-0.2, -0.15) is 0 Å². The Hall–Kier alpha value is -2.97. The fourth-order valence-corrected chi connectivity index (χ4v) is 5.11. The van der Waals surface area contributed by atoms with Crippen molar-refractivity contribution >= 4 is 21.7 Å². The fourth-order valence-electron chi connectivity index (χ4n) is 3.01. The average Bonchev–Trinajstić information content (AvgIpc) is 2.70. The molecule has 0 aliphatic heterocycles. The summed E-state index contributed by atoms with van der Waals surface area (Å²) in [4.78, 5) is 3.88. The second-order valence-corrected chi connectivity index (χ2v) is 7.91. The minimum Gasteiger partial charge on any atom is -0.466 e. The number of hydrogen-bond acceptors (Lipinski definition) is 1. The van der Waals surface area contributed by atoms with Gasteiger partial charge in [0.2, 0.25) is 0 Å². The molecule has 1 nitrogen and oxygen atoms in total. The third-order valence-corrected chi connectivity index (χ3v) is 6.43. The van der Waals surface area contributed by atoms with E-state index in [2.05, 4.69) is 91.5 Å². The van der Waals surface area contributed by atoms with Gasteiger partial charge >= 0.3 is 0 Å². The van der Waals surface area contributed by atoms with Gasteiger partial charge in [0.05, 0.1) is 17.2 Å². The molecule has 26 heavy (non-hydrogen) atoms. The molecule has 2 heteroatoms. The Bertz CT molecular complexity index is 1020. The van der Waals surface area contributed by atoms with Crippen molar-refractivity contribution in [1.29, 1.82) is 0 Å². The highest BCUT2D eigenvalue weighted by molar-refractivity contribution is 7.97. The first-order valence-corrected chi connectivity index (χ1v) is 9.73. The monoisotopic (exact) mass is 355 g/mol. The zero-order chi connectivity index (χ0) is 17.8. The molecule has 0 radical (unpaired) electrons. The van der Waals surface area contributed by atoms with Crippen molar-refractivity contribution in [3.63, 3.8) is 0 Å². The minimum atomic E-state index is -0.164. The third-order valence-electron chi connectivity index (χ3n) is 4.21. The molecule has 126 valence electrons. The van der Waals surface area contributed by atoms with Gasteiger partial charge < -0.3 is 4.74 Å². The van der Waals surface area contributed by atoms with Gasteiger partial charge in [0.1, 0.15) is 5.75 Å². The number of benzene rings is 4. The molecule has 0 aliphatic rings. The lowest BCUT2D eigenvalue weighted by molar-refractivity contribution is 0.483. The first-order valence-electron chi connectivity index (χ1n) is 8.51. The van der Waals surface area contributed by atoms with Crippen molar-refractivity contribution in [2.45, 2.75) is 14.7 Å². The summed E-state index contributed by atoms with van der Waals surface area (Å²) in [5.41, 5.74) is 0. The van der Waals surface area contributed by atoms with Crippen LogP contribution in [-0.2, 0) is 10.9 Å². The standard InChI is InChI=1S/C24H19OS/c1-2-25-21-13-16-23(17-14-21)26(22-10-4-3-5-11-22)24-15-12-19-8-6-7-9-20(19)18-24/h2-18H,1H2/q+1. The number of ether oxygens (including phenoxy) is 1. The van der Waals surface area contributed by atoms with E-state index in [1.165, 1.54) is 31.7 Å². The maximum atomic E-state index is 5.38. The molecule has 0 saturated carbocycles. The van der Waals surface area contributed by atoms with E-state index in [0.29, 0.717) is 0 Å². The summed E-state index contributed by atoms with van der Waals surface area (Å²) in [5.74, 6) is 0.805. The second-order valence-electron chi connectivity index (χ2n) is 5.88. The van der Waals surface area contributed by atoms with E-state index in [1.54, 1.807) is 0 Å². The third kappa shape index (κ3) is 3.37. The van der Waals surface area contributed by atoms with Crippen LogP contribution in [0.25, 0.3) is 10.8 Å². The molecular weight excluding hydrogens is 336 g/mol. The summed E-state index contributed by atoms with van der Waals surface area (Å²) in [6.07, 6.45) is 1.45. The summed E-state index contributed by atoms with van der Waals surface area (Å²) in [5, 5.41) is 2.53. The predicted molar refractivity (Wildman–Crippen MR) is 110 cm³/mol. The van der Waals surface area contributed by atoms with Gasteiger partial charge in [-0.3, -0.25) is 0 Å². The summed E-state index contributed by atoms with van der Waals surface area (Å²) < 4.78 is 5.38. The van der Waals surface area contributed by atoms with E-state index in [4.69, 9.17) is 4.74 Å². The first kappa shape index (κ1) is 16.5. The van der Waals surface area contributed by atoms with Crippen LogP contribution in [-0.4, -0.2) is 0 Å². The lowest BCUT2D eigenvalue weighted by Gasteiger charge is -2.09. The Morgan fingerprint density at radius 3 is 1.96 bits per heavy atom. The molecule has 4 rings (SSSR count). The van der Waals surface area contributed by atoms with Gasteiger partial charge in [-0.15, -0.1) is 0 Å². The maximum Gasteiger partial charge on any atom is 0.167 e. The first-order chi connectivity index (χ1) is 12.8. The molecule has 0 spiro atoms. The van der Waals surface area contributed by atoms with Gasteiger partial charge in [0.15, 0.2) is 14.7 Å². The van der Waals surface area contributed by atoms with Crippen LogP contribution < -0.4 is 4.74 Å². The van der Waals surface area contributed by atoms with Crippen LogP contribution in [0.5, 0.6) is 5.75 Å². The van der Waals surface area contributed by atoms with Crippen LogP contribution in [0.4, 0.5) is 0 Å². The van der Waals surface area contributed by atoms with E-state index in [9.17, 15) is 0 Å². The highest BCUT2D eigenvalue weighted by Gasteiger charge is 2.28. The molecule has 0 N–H and O–H groups in total. The zero-order valence-electron chi connectivity index (χ0n) is 14.3. The molecule has 0 aliphatic carbocycles. The molecule has 0 heterocycles. The zero-order valence-corrected chi connectivity index (χ0v) is 15.2. The number of hydrogen-bond donors (Lipinski definition) is 0. The molecule has 4 aromatic carbocycles. The van der Waals surface area contributed by atoms with Crippen molar-refractivity contribution in [2.75, 3.05) is 0 Å². The Kier molecular flexibility index (Phi) is 4.76. The normalized spacial score (nSPS) is 11.8. The molecule has 0 amide bonds. The van der Waals surface area contributed by atoms with Crippen molar-refractivity contribution in [2.24, 2.45) is 0 Å². The summed E-state index contributed by atoms with van der Waals surface area (Å²) in [7, 11) is -0.164. The highest BCUT2D eigenvalue weighted by Crippen LogP contribution is 2.33. The van der Waals surface area contributed by atoms with E-state index in [1.807, 2.05) is 12.1 Å². The van der Waals surface area contributed by atoms with E-state index >= 15 is 0 Å². The van der Waals surface area contributed by atoms with Crippen LogP contribution in [0, 0.1) is 0 Å². The average molecular weight is 355 g/mol. The van der Waals surface area contributed by atoms with Gasteiger partial charge in [-0.1, -0.05) is 49.0 Å².